The molecule has 0 radical (unpaired) electrons. The van der Waals surface area contributed by atoms with E-state index in [0.29, 0.717) is 52.7 Å². The van der Waals surface area contributed by atoms with E-state index >= 15 is 0 Å². The van der Waals surface area contributed by atoms with Crippen LogP contribution >= 0.6 is 0 Å². The number of fused-ring (bicyclic) bond motifs is 3. The highest BCUT2D eigenvalue weighted by Gasteiger charge is 2.45. The summed E-state index contributed by atoms with van der Waals surface area (Å²) in [5.41, 5.74) is 2.38. The van der Waals surface area contributed by atoms with E-state index in [9.17, 15) is 13.4 Å². The first-order valence-electron chi connectivity index (χ1n) is 10.6. The van der Waals surface area contributed by atoms with Gasteiger partial charge in [0.15, 0.2) is 11.0 Å². The van der Waals surface area contributed by atoms with Gasteiger partial charge in [0.1, 0.15) is 17.1 Å². The summed E-state index contributed by atoms with van der Waals surface area (Å²) in [6.07, 6.45) is 2.71. The molecule has 31 heavy (non-hydrogen) atoms. The molecule has 1 saturated heterocycles. The van der Waals surface area contributed by atoms with Gasteiger partial charge in [-0.1, -0.05) is 6.07 Å². The van der Waals surface area contributed by atoms with Gasteiger partial charge in [-0.3, -0.25) is 0 Å². The molecule has 164 valence electrons. The van der Waals surface area contributed by atoms with Crippen molar-refractivity contribution in [1.82, 2.24) is 5.32 Å². The zero-order valence-electron chi connectivity index (χ0n) is 17.3. The summed E-state index contributed by atoms with van der Waals surface area (Å²) < 4.78 is 41.1. The minimum atomic E-state index is -1.68. The van der Waals surface area contributed by atoms with Crippen LogP contribution in [0.4, 0.5) is 10.1 Å². The zero-order valence-corrected chi connectivity index (χ0v) is 18.1. The molecule has 2 N–H and O–H groups in total. The Morgan fingerprint density at radius 3 is 3.00 bits per heavy atom. The van der Waals surface area contributed by atoms with Crippen molar-refractivity contribution in [2.24, 2.45) is 11.8 Å². The average molecular weight is 445 g/mol. The summed E-state index contributed by atoms with van der Waals surface area (Å²) in [5, 5.41) is 3.31. The van der Waals surface area contributed by atoms with Crippen molar-refractivity contribution in [1.29, 1.82) is 0 Å². The van der Waals surface area contributed by atoms with Crippen molar-refractivity contribution in [3.8, 4) is 5.75 Å². The standard InChI is InChI=1S/C23H25FN2O4S/c1-29-23(27)21-19(4-3-17-18-10-15(18)12-30-22(17)21)26-31(28)20-5-2-16(24)9-14(20)8-13-6-7-25-11-13/h2-5,9,13,15,18,25-26H,6-8,10-12H2,1H3. The summed E-state index contributed by atoms with van der Waals surface area (Å²) in [6, 6.07) is 8.02. The number of carbonyl (C=O) groups is 1. The van der Waals surface area contributed by atoms with Crippen LogP contribution in [0.1, 0.15) is 40.2 Å². The van der Waals surface area contributed by atoms with E-state index in [0.717, 1.165) is 31.5 Å². The molecule has 2 heterocycles. The van der Waals surface area contributed by atoms with Gasteiger partial charge in [-0.2, -0.15) is 0 Å². The summed E-state index contributed by atoms with van der Waals surface area (Å²) in [7, 11) is -0.364. The van der Waals surface area contributed by atoms with E-state index in [1.807, 2.05) is 6.07 Å². The van der Waals surface area contributed by atoms with Crippen LogP contribution in [-0.2, 0) is 22.1 Å². The maximum absolute atomic E-state index is 13.9. The van der Waals surface area contributed by atoms with Gasteiger partial charge in [-0.25, -0.2) is 13.4 Å². The molecule has 1 aliphatic carbocycles. The molecule has 0 spiro atoms. The number of methoxy groups -OCH3 is 1. The first-order chi connectivity index (χ1) is 15.0. The molecule has 4 atom stereocenters. The van der Waals surface area contributed by atoms with Gasteiger partial charge in [0, 0.05) is 5.92 Å². The first kappa shape index (κ1) is 20.5. The van der Waals surface area contributed by atoms with Crippen molar-refractivity contribution < 1.29 is 22.9 Å². The zero-order chi connectivity index (χ0) is 21.5. The van der Waals surface area contributed by atoms with Crippen molar-refractivity contribution in [2.45, 2.75) is 30.1 Å². The molecule has 3 aliphatic rings. The van der Waals surface area contributed by atoms with E-state index in [1.165, 1.54) is 19.2 Å². The molecule has 5 rings (SSSR count). The number of hydrogen-bond donors (Lipinski definition) is 2. The average Bonchev–Trinajstić information content (AvgIpc) is 3.40. The fourth-order valence-corrected chi connectivity index (χ4v) is 5.73. The smallest absolute Gasteiger partial charge is 0.343 e. The highest BCUT2D eigenvalue weighted by atomic mass is 32.2. The Labute approximate surface area is 183 Å². The van der Waals surface area contributed by atoms with Crippen LogP contribution in [0, 0.1) is 17.7 Å². The van der Waals surface area contributed by atoms with Gasteiger partial charge in [0.25, 0.3) is 0 Å². The molecular formula is C23H25FN2O4S. The molecular weight excluding hydrogens is 419 g/mol. The number of benzene rings is 2. The van der Waals surface area contributed by atoms with E-state index in [1.54, 1.807) is 12.1 Å². The largest absolute Gasteiger partial charge is 0.492 e. The predicted molar refractivity (Wildman–Crippen MR) is 115 cm³/mol. The van der Waals surface area contributed by atoms with Crippen LogP contribution in [0.25, 0.3) is 0 Å². The Bertz CT molecular complexity index is 1050. The van der Waals surface area contributed by atoms with E-state index in [4.69, 9.17) is 9.47 Å². The highest BCUT2D eigenvalue weighted by molar-refractivity contribution is 7.86. The Morgan fingerprint density at radius 2 is 2.23 bits per heavy atom. The lowest BCUT2D eigenvalue weighted by Crippen LogP contribution is -2.18. The second-order valence-electron chi connectivity index (χ2n) is 8.50. The summed E-state index contributed by atoms with van der Waals surface area (Å²) in [6.45, 7) is 2.38. The van der Waals surface area contributed by atoms with Gasteiger partial charge >= 0.3 is 5.97 Å². The monoisotopic (exact) mass is 444 g/mol. The third kappa shape index (κ3) is 3.94. The third-order valence-electron chi connectivity index (χ3n) is 6.44. The van der Waals surface area contributed by atoms with Crippen molar-refractivity contribution in [3.05, 3.63) is 52.8 Å². The number of hydrogen-bond acceptors (Lipinski definition) is 5. The maximum Gasteiger partial charge on any atom is 0.343 e. The molecule has 2 fully saturated rings. The normalized spacial score (nSPS) is 24.5. The summed E-state index contributed by atoms with van der Waals surface area (Å²) in [5.74, 6) is 0.939. The number of nitrogens with one attached hydrogen (secondary N) is 2. The van der Waals surface area contributed by atoms with Gasteiger partial charge in [0.2, 0.25) is 0 Å². The summed E-state index contributed by atoms with van der Waals surface area (Å²) in [4.78, 5) is 13.1. The maximum atomic E-state index is 13.9. The third-order valence-corrected chi connectivity index (χ3v) is 7.64. The summed E-state index contributed by atoms with van der Waals surface area (Å²) >= 11 is 0. The minimum absolute atomic E-state index is 0.266. The lowest BCUT2D eigenvalue weighted by atomic mass is 9.98. The van der Waals surface area contributed by atoms with Crippen LogP contribution in [0.15, 0.2) is 35.2 Å². The molecule has 2 aromatic carbocycles. The molecule has 6 nitrogen and oxygen atoms in total. The SMILES string of the molecule is COC(=O)c1c(NS(=O)c2ccc(F)cc2CC2CCNC2)ccc2c1OCC1CC21. The number of ether oxygens (including phenoxy) is 2. The molecule has 1 saturated carbocycles. The van der Waals surface area contributed by atoms with Crippen LogP contribution in [0.5, 0.6) is 5.75 Å². The molecule has 8 heteroatoms. The molecule has 2 aliphatic heterocycles. The molecule has 0 amide bonds. The van der Waals surface area contributed by atoms with Crippen molar-refractivity contribution in [3.63, 3.8) is 0 Å². The second-order valence-corrected chi connectivity index (χ2v) is 9.68. The van der Waals surface area contributed by atoms with E-state index in [2.05, 4.69) is 10.0 Å². The van der Waals surface area contributed by atoms with Gasteiger partial charge in [-0.05, 0) is 79.6 Å². The Kier molecular flexibility index (Phi) is 5.44. The van der Waals surface area contributed by atoms with Gasteiger partial charge in [0.05, 0.1) is 24.3 Å². The number of anilines is 1. The lowest BCUT2D eigenvalue weighted by Gasteiger charge is -2.22. The second kappa shape index (κ2) is 8.24. The molecule has 2 aromatic rings. The van der Waals surface area contributed by atoms with Crippen LogP contribution in [0.3, 0.4) is 0 Å². The topological polar surface area (TPSA) is 76.7 Å². The number of halogens is 1. The van der Waals surface area contributed by atoms with E-state index in [-0.39, 0.29) is 11.4 Å². The van der Waals surface area contributed by atoms with Crippen molar-refractivity contribution >= 4 is 22.6 Å². The number of rotatable bonds is 6. The van der Waals surface area contributed by atoms with Crippen molar-refractivity contribution in [2.75, 3.05) is 31.5 Å². The van der Waals surface area contributed by atoms with E-state index < -0.39 is 17.0 Å². The quantitative estimate of drug-likeness (QED) is 0.668. The van der Waals surface area contributed by atoms with Crippen LogP contribution in [0.2, 0.25) is 0 Å². The molecule has 4 unspecified atom stereocenters. The molecule has 0 bridgehead atoms. The highest BCUT2D eigenvalue weighted by Crippen LogP contribution is 2.55. The Morgan fingerprint density at radius 1 is 1.35 bits per heavy atom. The number of carbonyl (C=O) groups excluding carboxylic acids is 1. The fraction of sp³-hybridized carbons (Fsp3) is 0.435. The minimum Gasteiger partial charge on any atom is -0.492 e. The Hall–Kier alpha value is -2.45. The Balaban J connectivity index is 1.46. The lowest BCUT2D eigenvalue weighted by molar-refractivity contribution is 0.0596. The van der Waals surface area contributed by atoms with Gasteiger partial charge < -0.3 is 19.5 Å². The number of esters is 1. The fourth-order valence-electron chi connectivity index (χ4n) is 4.68. The predicted octanol–water partition coefficient (Wildman–Crippen LogP) is 3.39. The first-order valence-corrected chi connectivity index (χ1v) is 11.8. The molecule has 0 aromatic heterocycles. The van der Waals surface area contributed by atoms with Crippen LogP contribution in [-0.4, -0.2) is 37.0 Å². The van der Waals surface area contributed by atoms with Crippen LogP contribution < -0.4 is 14.8 Å². The van der Waals surface area contributed by atoms with Gasteiger partial charge in [-0.15, -0.1) is 0 Å².